The molecule has 5 nitrogen and oxygen atoms in total. The first-order valence-electron chi connectivity index (χ1n) is 7.73. The molecule has 2 aromatic heterocycles. The third-order valence-electron chi connectivity index (χ3n) is 3.86. The van der Waals surface area contributed by atoms with Gasteiger partial charge < -0.3 is 14.4 Å². The summed E-state index contributed by atoms with van der Waals surface area (Å²) in [5.74, 6) is 0.272. The van der Waals surface area contributed by atoms with Crippen molar-refractivity contribution >= 4 is 44.6 Å². The number of pyridine rings is 1. The molecule has 0 aliphatic heterocycles. The van der Waals surface area contributed by atoms with Crippen molar-refractivity contribution in [3.63, 3.8) is 0 Å². The summed E-state index contributed by atoms with van der Waals surface area (Å²) in [6.45, 7) is 2.07. The molecule has 0 aliphatic carbocycles. The Bertz CT molecular complexity index is 925. The van der Waals surface area contributed by atoms with Crippen LogP contribution in [0.25, 0.3) is 10.9 Å². The van der Waals surface area contributed by atoms with Crippen molar-refractivity contribution in [3.05, 3.63) is 52.3 Å². The molecule has 1 N–H and O–H groups in total. The van der Waals surface area contributed by atoms with E-state index in [2.05, 4.69) is 20.9 Å². The molecule has 0 atom stereocenters. The first-order chi connectivity index (χ1) is 12.0. The average molecular weight is 421 g/mol. The van der Waals surface area contributed by atoms with E-state index in [0.29, 0.717) is 27.8 Å². The van der Waals surface area contributed by atoms with Gasteiger partial charge in [0.15, 0.2) is 0 Å². The van der Waals surface area contributed by atoms with E-state index < -0.39 is 0 Å². The molecule has 2 heterocycles. The number of phenols is 1. The number of carbonyl (C=O) groups excluding carboxylic acids is 1. The van der Waals surface area contributed by atoms with Gasteiger partial charge in [-0.3, -0.25) is 0 Å². The predicted octanol–water partition coefficient (Wildman–Crippen LogP) is 4.51. The smallest absolute Gasteiger partial charge is 0.340 e. The Labute approximate surface area is 158 Å². The van der Waals surface area contributed by atoms with E-state index >= 15 is 0 Å². The number of esters is 1. The standard InChI is InChI=1S/C18H17BrN2O3S/c1-3-24-18(23)17-11-8-15(22)12(19)9-13(11)21(2)14(17)10-25-16-6-4-5-7-20-16/h4-9,22H,3,10H2,1-2H3. The molecule has 0 amide bonds. The molecule has 0 bridgehead atoms. The van der Waals surface area contributed by atoms with E-state index in [0.717, 1.165) is 16.2 Å². The maximum absolute atomic E-state index is 12.5. The number of aromatic hydroxyl groups is 1. The molecular formula is C18H17BrN2O3S. The van der Waals surface area contributed by atoms with Crippen LogP contribution in [0.2, 0.25) is 0 Å². The van der Waals surface area contributed by atoms with E-state index in [1.165, 1.54) is 0 Å². The predicted molar refractivity (Wildman–Crippen MR) is 102 cm³/mol. The van der Waals surface area contributed by atoms with Crippen LogP contribution in [0.3, 0.4) is 0 Å². The molecule has 3 aromatic rings. The minimum atomic E-state index is -0.383. The van der Waals surface area contributed by atoms with Crippen molar-refractivity contribution in [3.8, 4) is 5.75 Å². The summed E-state index contributed by atoms with van der Waals surface area (Å²) in [7, 11) is 1.91. The van der Waals surface area contributed by atoms with Crippen molar-refractivity contribution in [1.29, 1.82) is 0 Å². The third kappa shape index (κ3) is 3.52. The van der Waals surface area contributed by atoms with Crippen LogP contribution < -0.4 is 0 Å². The molecule has 25 heavy (non-hydrogen) atoms. The highest BCUT2D eigenvalue weighted by atomic mass is 79.9. The number of ether oxygens (including phenoxy) is 1. The lowest BCUT2D eigenvalue weighted by Crippen LogP contribution is -2.08. The van der Waals surface area contributed by atoms with Crippen LogP contribution in [0.5, 0.6) is 5.75 Å². The highest BCUT2D eigenvalue weighted by Crippen LogP contribution is 2.36. The van der Waals surface area contributed by atoms with E-state index in [9.17, 15) is 9.90 Å². The molecule has 0 fully saturated rings. The topological polar surface area (TPSA) is 64.3 Å². The minimum Gasteiger partial charge on any atom is -0.507 e. The Morgan fingerprint density at radius 3 is 2.88 bits per heavy atom. The van der Waals surface area contributed by atoms with E-state index in [1.807, 2.05) is 35.9 Å². The Hall–Kier alpha value is -1.99. The molecule has 0 aliphatic rings. The average Bonchev–Trinajstić information content (AvgIpc) is 2.86. The van der Waals surface area contributed by atoms with Gasteiger partial charge in [0, 0.05) is 30.1 Å². The minimum absolute atomic E-state index is 0.0903. The Morgan fingerprint density at radius 2 is 2.20 bits per heavy atom. The lowest BCUT2D eigenvalue weighted by atomic mass is 10.1. The number of hydrogen-bond acceptors (Lipinski definition) is 5. The first kappa shape index (κ1) is 17.8. The summed E-state index contributed by atoms with van der Waals surface area (Å²) in [5.41, 5.74) is 2.18. The van der Waals surface area contributed by atoms with Gasteiger partial charge in [-0.05, 0) is 47.1 Å². The lowest BCUT2D eigenvalue weighted by Gasteiger charge is -2.07. The number of hydrogen-bond donors (Lipinski definition) is 1. The summed E-state index contributed by atoms with van der Waals surface area (Å²) < 4.78 is 7.79. The number of carbonyl (C=O) groups is 1. The zero-order valence-corrected chi connectivity index (χ0v) is 16.2. The van der Waals surface area contributed by atoms with Crippen molar-refractivity contribution < 1.29 is 14.6 Å². The van der Waals surface area contributed by atoms with E-state index in [-0.39, 0.29) is 11.7 Å². The largest absolute Gasteiger partial charge is 0.507 e. The summed E-state index contributed by atoms with van der Waals surface area (Å²) >= 11 is 4.88. The van der Waals surface area contributed by atoms with Crippen LogP contribution in [0, 0.1) is 0 Å². The Morgan fingerprint density at radius 1 is 1.40 bits per heavy atom. The number of phenolic OH excluding ortho intramolecular Hbond substituents is 1. The van der Waals surface area contributed by atoms with Gasteiger partial charge in [0.2, 0.25) is 0 Å². The number of nitrogens with zero attached hydrogens (tertiary/aromatic N) is 2. The van der Waals surface area contributed by atoms with Crippen LogP contribution in [-0.4, -0.2) is 27.2 Å². The summed E-state index contributed by atoms with van der Waals surface area (Å²) in [5, 5.41) is 11.6. The number of fused-ring (bicyclic) bond motifs is 1. The van der Waals surface area contributed by atoms with Crippen molar-refractivity contribution in [2.45, 2.75) is 17.7 Å². The Kier molecular flexibility index (Phi) is 5.34. The molecule has 0 unspecified atom stereocenters. The highest BCUT2D eigenvalue weighted by molar-refractivity contribution is 9.10. The van der Waals surface area contributed by atoms with Crippen molar-refractivity contribution in [2.24, 2.45) is 7.05 Å². The fourth-order valence-corrected chi connectivity index (χ4v) is 3.94. The zero-order chi connectivity index (χ0) is 18.0. The lowest BCUT2D eigenvalue weighted by molar-refractivity contribution is 0.0527. The summed E-state index contributed by atoms with van der Waals surface area (Å²) in [6, 6.07) is 9.13. The van der Waals surface area contributed by atoms with Gasteiger partial charge in [0.1, 0.15) is 5.75 Å². The van der Waals surface area contributed by atoms with Crippen molar-refractivity contribution in [2.75, 3.05) is 6.61 Å². The zero-order valence-electron chi connectivity index (χ0n) is 13.8. The number of thioether (sulfide) groups is 1. The quantitative estimate of drug-likeness (QED) is 0.485. The monoisotopic (exact) mass is 420 g/mol. The number of benzene rings is 1. The third-order valence-corrected chi connectivity index (χ3v) is 5.45. The first-order valence-corrected chi connectivity index (χ1v) is 9.51. The normalized spacial score (nSPS) is 11.0. The van der Waals surface area contributed by atoms with Gasteiger partial charge in [0.05, 0.1) is 27.2 Å². The molecular weight excluding hydrogens is 404 g/mol. The van der Waals surface area contributed by atoms with Crippen LogP contribution in [0.1, 0.15) is 23.0 Å². The molecule has 0 spiro atoms. The number of rotatable bonds is 5. The number of aryl methyl sites for hydroxylation is 1. The maximum Gasteiger partial charge on any atom is 0.340 e. The SMILES string of the molecule is CCOC(=O)c1c(CSc2ccccn2)n(C)c2cc(Br)c(O)cc12. The number of halogens is 1. The molecule has 3 rings (SSSR count). The van der Waals surface area contributed by atoms with Gasteiger partial charge in [0.25, 0.3) is 0 Å². The van der Waals surface area contributed by atoms with Gasteiger partial charge in [-0.1, -0.05) is 6.07 Å². The van der Waals surface area contributed by atoms with E-state index in [4.69, 9.17) is 4.74 Å². The van der Waals surface area contributed by atoms with Crippen LogP contribution in [0.15, 0.2) is 46.0 Å². The van der Waals surface area contributed by atoms with Crippen molar-refractivity contribution in [1.82, 2.24) is 9.55 Å². The van der Waals surface area contributed by atoms with E-state index in [1.54, 1.807) is 30.9 Å². The molecule has 7 heteroatoms. The summed E-state index contributed by atoms with van der Waals surface area (Å²) in [4.78, 5) is 16.9. The number of aromatic nitrogens is 2. The fraction of sp³-hybridized carbons (Fsp3) is 0.222. The molecule has 0 saturated carbocycles. The van der Waals surface area contributed by atoms with Gasteiger partial charge in [-0.15, -0.1) is 11.8 Å². The van der Waals surface area contributed by atoms with Gasteiger partial charge in [-0.25, -0.2) is 9.78 Å². The van der Waals surface area contributed by atoms with Crippen LogP contribution in [0.4, 0.5) is 0 Å². The summed E-state index contributed by atoms with van der Waals surface area (Å²) in [6.07, 6.45) is 1.74. The van der Waals surface area contributed by atoms with Gasteiger partial charge >= 0.3 is 5.97 Å². The van der Waals surface area contributed by atoms with Gasteiger partial charge in [-0.2, -0.15) is 0 Å². The Balaban J connectivity index is 2.10. The highest BCUT2D eigenvalue weighted by Gasteiger charge is 2.23. The van der Waals surface area contributed by atoms with Crippen LogP contribution in [-0.2, 0) is 17.5 Å². The second-order valence-corrected chi connectivity index (χ2v) is 7.23. The second kappa shape index (κ2) is 7.49. The fourth-order valence-electron chi connectivity index (χ4n) is 2.67. The second-order valence-electron chi connectivity index (χ2n) is 5.38. The maximum atomic E-state index is 12.5. The molecule has 0 saturated heterocycles. The molecule has 130 valence electrons. The van der Waals surface area contributed by atoms with Crippen LogP contribution >= 0.6 is 27.7 Å². The molecule has 1 aromatic carbocycles. The molecule has 0 radical (unpaired) electrons.